The number of hydrogen-bond acceptors (Lipinski definition) is 0. The highest BCUT2D eigenvalue weighted by Gasteiger charge is 2.40. The Morgan fingerprint density at radius 2 is 1.74 bits per heavy atom. The fourth-order valence-corrected chi connectivity index (χ4v) is 6.64. The summed E-state index contributed by atoms with van der Waals surface area (Å²) in [6, 6.07) is 18.1. The molecule has 1 fully saturated rings. The van der Waals surface area contributed by atoms with Crippen molar-refractivity contribution in [2.45, 2.75) is 65.7 Å². The molecule has 3 aliphatic rings. The first-order chi connectivity index (χ1) is 18.8. The van der Waals surface area contributed by atoms with Gasteiger partial charge in [-0.05, 0) is 101 Å². The predicted octanol–water partition coefficient (Wildman–Crippen LogP) is 10.9. The van der Waals surface area contributed by atoms with Gasteiger partial charge in [-0.1, -0.05) is 123 Å². The summed E-state index contributed by atoms with van der Waals surface area (Å²) in [6.45, 7) is 22.2. The zero-order valence-corrected chi connectivity index (χ0v) is 24.2. The fraction of sp³-hybridized carbons (Fsp3) is 0.282. The monoisotopic (exact) mass is 510 g/mol. The number of aryl methyl sites for hydroxylation is 1. The van der Waals surface area contributed by atoms with Gasteiger partial charge in [-0.2, -0.15) is 0 Å². The van der Waals surface area contributed by atoms with Gasteiger partial charge in [-0.15, -0.1) is 0 Å². The summed E-state index contributed by atoms with van der Waals surface area (Å²) in [7, 11) is 0. The van der Waals surface area contributed by atoms with E-state index in [9.17, 15) is 0 Å². The van der Waals surface area contributed by atoms with E-state index in [4.69, 9.17) is 6.58 Å². The maximum absolute atomic E-state index is 4.73. The van der Waals surface area contributed by atoms with Gasteiger partial charge in [-0.3, -0.25) is 0 Å². The molecule has 0 saturated heterocycles. The maximum Gasteiger partial charge on any atom is 0.0201 e. The van der Waals surface area contributed by atoms with Crippen LogP contribution in [0.2, 0.25) is 0 Å². The fourth-order valence-electron chi connectivity index (χ4n) is 6.64. The van der Waals surface area contributed by atoms with E-state index in [1.807, 2.05) is 0 Å². The standard InChI is InChI=1S/C39H42/c1-8-11-26(5)37-27(6)20-36-24-35(28(7)38(36)39(37)31-17-14-29(9-2)15-18-31)22-30-16-19-34(21-30)33-13-10-12-32(23-33)25(3)4/h10,12-20,22-23,38-39H,3,5,7-9,11,21,24H2,1-2,4,6H3/b35-22+. The molecule has 0 heteroatoms. The molecule has 5 rings (SSSR count). The Kier molecular flexibility index (Phi) is 7.76. The van der Waals surface area contributed by atoms with Crippen LogP contribution in [0.25, 0.3) is 11.1 Å². The van der Waals surface area contributed by atoms with Crippen LogP contribution in [-0.2, 0) is 6.42 Å². The minimum atomic E-state index is 0.282. The van der Waals surface area contributed by atoms with Crippen LogP contribution in [0.4, 0.5) is 0 Å². The van der Waals surface area contributed by atoms with Crippen molar-refractivity contribution in [3.8, 4) is 0 Å². The Hall–Kier alpha value is -3.64. The Bertz CT molecular complexity index is 1490. The van der Waals surface area contributed by atoms with Gasteiger partial charge in [-0.25, -0.2) is 0 Å². The van der Waals surface area contributed by atoms with Crippen molar-refractivity contribution in [3.05, 3.63) is 154 Å². The average Bonchev–Trinajstić information content (AvgIpc) is 3.52. The van der Waals surface area contributed by atoms with Gasteiger partial charge in [0.2, 0.25) is 0 Å². The summed E-state index contributed by atoms with van der Waals surface area (Å²) < 4.78 is 0. The molecular weight excluding hydrogens is 468 g/mol. The summed E-state index contributed by atoms with van der Waals surface area (Å²) in [5, 5.41) is 0. The van der Waals surface area contributed by atoms with Gasteiger partial charge in [0.25, 0.3) is 0 Å². The summed E-state index contributed by atoms with van der Waals surface area (Å²) >= 11 is 0. The van der Waals surface area contributed by atoms with E-state index in [2.05, 4.69) is 114 Å². The predicted molar refractivity (Wildman–Crippen MR) is 171 cm³/mol. The van der Waals surface area contributed by atoms with Gasteiger partial charge in [0.05, 0.1) is 0 Å². The molecule has 198 valence electrons. The van der Waals surface area contributed by atoms with Crippen LogP contribution < -0.4 is 0 Å². The van der Waals surface area contributed by atoms with Crippen LogP contribution >= 0.6 is 0 Å². The van der Waals surface area contributed by atoms with Crippen molar-refractivity contribution in [1.82, 2.24) is 0 Å². The zero-order valence-electron chi connectivity index (χ0n) is 24.2. The Balaban J connectivity index is 1.44. The molecule has 3 aliphatic carbocycles. The SMILES string of the molecule is C=C(CCC)C1=C(C)C=C2C/C(=C\C3=CC=C(c4cccc(C(=C)C)c4)C3)C(=C)C2C1c1ccc(CC)cc1. The van der Waals surface area contributed by atoms with Crippen LogP contribution in [0.1, 0.15) is 81.5 Å². The number of allylic oxidation sites excluding steroid dienone is 13. The van der Waals surface area contributed by atoms with E-state index in [1.165, 1.54) is 66.8 Å². The molecule has 0 spiro atoms. The topological polar surface area (TPSA) is 0 Å². The summed E-state index contributed by atoms with van der Waals surface area (Å²) in [6.07, 6.45) is 14.6. The van der Waals surface area contributed by atoms with Crippen molar-refractivity contribution < 1.29 is 0 Å². The second-order valence-electron chi connectivity index (χ2n) is 11.6. The zero-order chi connectivity index (χ0) is 27.7. The van der Waals surface area contributed by atoms with Gasteiger partial charge < -0.3 is 0 Å². The van der Waals surface area contributed by atoms with Crippen LogP contribution in [0.5, 0.6) is 0 Å². The normalized spacial score (nSPS) is 21.6. The van der Waals surface area contributed by atoms with E-state index >= 15 is 0 Å². The molecule has 0 radical (unpaired) electrons. The second-order valence-corrected chi connectivity index (χ2v) is 11.6. The lowest BCUT2D eigenvalue weighted by molar-refractivity contribution is 0.619. The van der Waals surface area contributed by atoms with Crippen LogP contribution in [0, 0.1) is 5.92 Å². The third-order valence-corrected chi connectivity index (χ3v) is 8.71. The van der Waals surface area contributed by atoms with Gasteiger partial charge in [0.1, 0.15) is 0 Å². The Morgan fingerprint density at radius 1 is 0.974 bits per heavy atom. The van der Waals surface area contributed by atoms with Gasteiger partial charge >= 0.3 is 0 Å². The van der Waals surface area contributed by atoms with Gasteiger partial charge in [0, 0.05) is 11.8 Å². The average molecular weight is 511 g/mol. The Morgan fingerprint density at radius 3 is 2.44 bits per heavy atom. The number of benzene rings is 2. The minimum Gasteiger partial charge on any atom is -0.0955 e. The summed E-state index contributed by atoms with van der Waals surface area (Å²) in [4.78, 5) is 0. The third kappa shape index (κ3) is 5.30. The second kappa shape index (κ2) is 11.2. The first-order valence-electron chi connectivity index (χ1n) is 14.5. The van der Waals surface area contributed by atoms with Crippen molar-refractivity contribution in [3.63, 3.8) is 0 Å². The van der Waals surface area contributed by atoms with Crippen LogP contribution in [0.15, 0.2) is 132 Å². The first-order valence-corrected chi connectivity index (χ1v) is 14.5. The first kappa shape index (κ1) is 26.9. The quantitative estimate of drug-likeness (QED) is 0.331. The molecule has 0 N–H and O–H groups in total. The van der Waals surface area contributed by atoms with Crippen molar-refractivity contribution in [1.29, 1.82) is 0 Å². The molecule has 0 heterocycles. The molecule has 0 aromatic heterocycles. The van der Waals surface area contributed by atoms with Crippen molar-refractivity contribution in [2.75, 3.05) is 0 Å². The highest BCUT2D eigenvalue weighted by atomic mass is 14.4. The largest absolute Gasteiger partial charge is 0.0955 e. The molecule has 1 saturated carbocycles. The van der Waals surface area contributed by atoms with Crippen molar-refractivity contribution in [2.24, 2.45) is 5.92 Å². The van der Waals surface area contributed by atoms with E-state index in [-0.39, 0.29) is 5.92 Å². The summed E-state index contributed by atoms with van der Waals surface area (Å²) in [5.41, 5.74) is 17.4. The Labute approximate surface area is 236 Å². The highest BCUT2D eigenvalue weighted by Crippen LogP contribution is 2.55. The number of fused-ring (bicyclic) bond motifs is 1. The molecule has 2 atom stereocenters. The van der Waals surface area contributed by atoms with Crippen molar-refractivity contribution >= 4 is 11.1 Å². The van der Waals surface area contributed by atoms with Crippen LogP contribution in [-0.4, -0.2) is 0 Å². The third-order valence-electron chi connectivity index (χ3n) is 8.71. The van der Waals surface area contributed by atoms with E-state index in [0.29, 0.717) is 5.92 Å². The minimum absolute atomic E-state index is 0.282. The van der Waals surface area contributed by atoms with E-state index in [0.717, 1.165) is 37.7 Å². The van der Waals surface area contributed by atoms with E-state index in [1.54, 1.807) is 0 Å². The van der Waals surface area contributed by atoms with Crippen LogP contribution in [0.3, 0.4) is 0 Å². The lowest BCUT2D eigenvalue weighted by Crippen LogP contribution is -2.21. The number of hydrogen-bond donors (Lipinski definition) is 0. The molecule has 0 bridgehead atoms. The van der Waals surface area contributed by atoms with E-state index < -0.39 is 0 Å². The maximum atomic E-state index is 4.73. The smallest absolute Gasteiger partial charge is 0.0201 e. The highest BCUT2D eigenvalue weighted by molar-refractivity contribution is 5.76. The molecule has 0 nitrogen and oxygen atoms in total. The lowest BCUT2D eigenvalue weighted by Gasteiger charge is -2.34. The lowest BCUT2D eigenvalue weighted by atomic mass is 9.69. The summed E-state index contributed by atoms with van der Waals surface area (Å²) in [5.74, 6) is 0.585. The molecule has 2 unspecified atom stereocenters. The van der Waals surface area contributed by atoms with Gasteiger partial charge in [0.15, 0.2) is 0 Å². The molecular formula is C39H42. The molecule has 0 aliphatic heterocycles. The molecule has 0 amide bonds. The number of rotatable bonds is 8. The molecule has 2 aromatic carbocycles. The molecule has 39 heavy (non-hydrogen) atoms. The molecule has 2 aromatic rings.